The Morgan fingerprint density at radius 3 is 2.67 bits per heavy atom. The van der Waals surface area contributed by atoms with Crippen LogP contribution in [0.5, 0.6) is 17.2 Å². The fourth-order valence-corrected chi connectivity index (χ4v) is 3.34. The van der Waals surface area contributed by atoms with Gasteiger partial charge in [0.25, 0.3) is 6.02 Å². The SMILES string of the molecule is COc1cc(F)c2c(c1)[C@]1(COC(N)=N1)c1cc(Br)c(F)cc1O2. The molecule has 2 aliphatic rings. The molecule has 4 rings (SSSR count). The molecule has 2 aliphatic heterocycles. The summed E-state index contributed by atoms with van der Waals surface area (Å²) < 4.78 is 44.7. The average Bonchev–Trinajstić information content (AvgIpc) is 2.93. The zero-order valence-electron chi connectivity index (χ0n) is 12.4. The van der Waals surface area contributed by atoms with E-state index in [2.05, 4.69) is 20.9 Å². The smallest absolute Gasteiger partial charge is 0.283 e. The minimum atomic E-state index is -1.13. The molecule has 2 aromatic rings. The Morgan fingerprint density at radius 1 is 1.21 bits per heavy atom. The third-order valence-electron chi connectivity index (χ3n) is 4.11. The summed E-state index contributed by atoms with van der Waals surface area (Å²) in [5.74, 6) is -0.753. The third-order valence-corrected chi connectivity index (χ3v) is 4.72. The van der Waals surface area contributed by atoms with Gasteiger partial charge in [-0.2, -0.15) is 0 Å². The molecule has 8 heteroatoms. The van der Waals surface area contributed by atoms with Crippen LogP contribution in [0.3, 0.4) is 0 Å². The van der Waals surface area contributed by atoms with Gasteiger partial charge in [0, 0.05) is 23.3 Å². The Labute approximate surface area is 144 Å². The van der Waals surface area contributed by atoms with Gasteiger partial charge in [0.2, 0.25) is 0 Å². The van der Waals surface area contributed by atoms with Gasteiger partial charge in [-0.15, -0.1) is 0 Å². The van der Waals surface area contributed by atoms with Crippen LogP contribution < -0.4 is 15.2 Å². The highest BCUT2D eigenvalue weighted by Crippen LogP contribution is 2.53. The fraction of sp³-hybridized carbons (Fsp3) is 0.188. The molecule has 124 valence electrons. The first-order valence-corrected chi connectivity index (χ1v) is 7.77. The summed E-state index contributed by atoms with van der Waals surface area (Å²) in [6.45, 7) is 0.0485. The average molecular weight is 397 g/mol. The number of ether oxygens (including phenoxy) is 3. The summed E-state index contributed by atoms with van der Waals surface area (Å²) in [6.07, 6.45) is 0. The van der Waals surface area contributed by atoms with Gasteiger partial charge in [-0.3, -0.25) is 0 Å². The van der Waals surface area contributed by atoms with E-state index >= 15 is 0 Å². The highest BCUT2D eigenvalue weighted by atomic mass is 79.9. The minimum absolute atomic E-state index is 0.0301. The third kappa shape index (κ3) is 1.99. The van der Waals surface area contributed by atoms with Gasteiger partial charge in [-0.25, -0.2) is 13.8 Å². The Balaban J connectivity index is 2.06. The summed E-state index contributed by atoms with van der Waals surface area (Å²) in [4.78, 5) is 4.38. The molecule has 2 N–H and O–H groups in total. The van der Waals surface area contributed by atoms with Crippen LogP contribution in [0.4, 0.5) is 8.78 Å². The van der Waals surface area contributed by atoms with Crippen molar-refractivity contribution >= 4 is 22.0 Å². The van der Waals surface area contributed by atoms with Crippen molar-refractivity contribution in [2.24, 2.45) is 10.7 Å². The number of nitrogens with two attached hydrogens (primary N) is 1. The molecule has 0 unspecified atom stereocenters. The molecule has 0 radical (unpaired) electrons. The largest absolute Gasteiger partial charge is 0.497 e. The molecule has 24 heavy (non-hydrogen) atoms. The van der Waals surface area contributed by atoms with E-state index in [1.165, 1.54) is 25.3 Å². The van der Waals surface area contributed by atoms with Crippen molar-refractivity contribution in [3.8, 4) is 17.2 Å². The zero-order chi connectivity index (χ0) is 17.1. The zero-order valence-corrected chi connectivity index (χ0v) is 14.0. The number of hydrogen-bond donors (Lipinski definition) is 1. The first-order valence-electron chi connectivity index (χ1n) is 6.98. The topological polar surface area (TPSA) is 66.1 Å². The van der Waals surface area contributed by atoms with Crippen LogP contribution >= 0.6 is 15.9 Å². The lowest BCUT2D eigenvalue weighted by atomic mass is 9.81. The van der Waals surface area contributed by atoms with E-state index in [0.717, 1.165) is 0 Å². The molecular weight excluding hydrogens is 386 g/mol. The van der Waals surface area contributed by atoms with Gasteiger partial charge in [0.05, 0.1) is 11.6 Å². The standard InChI is InChI=1S/C16H11BrF2N2O3/c1-22-7-2-9-14(12(19)3-7)24-13-5-11(18)10(17)4-8(13)16(9)6-23-15(20)21-16/h2-5H,6H2,1H3,(H2,20,21)/t16-/m0/s1. The first kappa shape index (κ1) is 15.2. The molecule has 2 heterocycles. The van der Waals surface area contributed by atoms with E-state index in [0.29, 0.717) is 16.9 Å². The summed E-state index contributed by atoms with van der Waals surface area (Å²) in [6, 6.07) is 5.49. The molecule has 0 saturated carbocycles. The van der Waals surface area contributed by atoms with Crippen LogP contribution in [-0.4, -0.2) is 19.7 Å². The molecule has 0 fully saturated rings. The molecule has 1 atom stereocenters. The van der Waals surface area contributed by atoms with Crippen LogP contribution in [0.25, 0.3) is 0 Å². The lowest BCUT2D eigenvalue weighted by Gasteiger charge is -2.33. The number of halogens is 3. The lowest BCUT2D eigenvalue weighted by molar-refractivity contribution is 0.260. The second-order valence-electron chi connectivity index (χ2n) is 5.45. The second kappa shape index (κ2) is 5.07. The Bertz CT molecular complexity index is 903. The quantitative estimate of drug-likeness (QED) is 0.801. The highest BCUT2D eigenvalue weighted by molar-refractivity contribution is 9.10. The van der Waals surface area contributed by atoms with Crippen molar-refractivity contribution in [1.82, 2.24) is 0 Å². The van der Waals surface area contributed by atoms with Gasteiger partial charge >= 0.3 is 0 Å². The van der Waals surface area contributed by atoms with Crippen molar-refractivity contribution in [2.75, 3.05) is 13.7 Å². The molecule has 2 aromatic carbocycles. The molecule has 1 spiro atoms. The molecule has 0 aliphatic carbocycles. The van der Waals surface area contributed by atoms with Crippen molar-refractivity contribution < 1.29 is 23.0 Å². The Morgan fingerprint density at radius 2 is 2.00 bits per heavy atom. The number of hydrogen-bond acceptors (Lipinski definition) is 5. The van der Waals surface area contributed by atoms with E-state index in [-0.39, 0.29) is 28.6 Å². The van der Waals surface area contributed by atoms with Crippen LogP contribution in [0.1, 0.15) is 11.1 Å². The van der Waals surface area contributed by atoms with Gasteiger partial charge < -0.3 is 19.9 Å². The molecular formula is C16H11BrF2N2O3. The summed E-state index contributed by atoms with van der Waals surface area (Å²) in [5, 5.41) is 0. The second-order valence-corrected chi connectivity index (χ2v) is 6.30. The van der Waals surface area contributed by atoms with Gasteiger partial charge in [-0.05, 0) is 28.1 Å². The molecule has 5 nitrogen and oxygen atoms in total. The molecule has 0 aromatic heterocycles. The summed E-state index contributed by atoms with van der Waals surface area (Å²) in [5.41, 5.74) is 5.51. The number of rotatable bonds is 1. The predicted molar refractivity (Wildman–Crippen MR) is 85.5 cm³/mol. The van der Waals surface area contributed by atoms with E-state index in [9.17, 15) is 8.78 Å². The van der Waals surface area contributed by atoms with Gasteiger partial charge in [0.15, 0.2) is 17.1 Å². The van der Waals surface area contributed by atoms with Gasteiger partial charge in [0.1, 0.15) is 23.9 Å². The first-order chi connectivity index (χ1) is 11.4. The Kier molecular flexibility index (Phi) is 3.21. The van der Waals surface area contributed by atoms with Crippen molar-refractivity contribution in [1.29, 1.82) is 0 Å². The summed E-state index contributed by atoms with van der Waals surface area (Å²) >= 11 is 3.15. The monoisotopic (exact) mass is 396 g/mol. The van der Waals surface area contributed by atoms with Crippen molar-refractivity contribution in [3.05, 3.63) is 51.5 Å². The maximum Gasteiger partial charge on any atom is 0.283 e. The fourth-order valence-electron chi connectivity index (χ4n) is 3.00. The van der Waals surface area contributed by atoms with E-state index in [1.807, 2.05) is 0 Å². The van der Waals surface area contributed by atoms with E-state index in [4.69, 9.17) is 19.9 Å². The van der Waals surface area contributed by atoms with Crippen LogP contribution in [0.2, 0.25) is 0 Å². The summed E-state index contributed by atoms with van der Waals surface area (Å²) in [7, 11) is 1.43. The molecule has 0 saturated heterocycles. The Hall–Kier alpha value is -2.35. The maximum absolute atomic E-state index is 14.5. The maximum atomic E-state index is 14.5. The predicted octanol–water partition coefficient (Wildman–Crippen LogP) is 3.43. The van der Waals surface area contributed by atoms with E-state index in [1.54, 1.807) is 6.07 Å². The van der Waals surface area contributed by atoms with Crippen LogP contribution in [0, 0.1) is 11.6 Å². The van der Waals surface area contributed by atoms with Crippen LogP contribution in [-0.2, 0) is 10.3 Å². The number of fused-ring (bicyclic) bond motifs is 4. The van der Waals surface area contributed by atoms with Crippen molar-refractivity contribution in [2.45, 2.75) is 5.54 Å². The normalized spacial score (nSPS) is 20.8. The van der Waals surface area contributed by atoms with Crippen molar-refractivity contribution in [3.63, 3.8) is 0 Å². The number of aliphatic imine (C=N–C) groups is 1. The molecule has 0 amide bonds. The lowest BCUT2D eigenvalue weighted by Crippen LogP contribution is -2.31. The highest BCUT2D eigenvalue weighted by Gasteiger charge is 2.48. The number of benzene rings is 2. The van der Waals surface area contributed by atoms with Crippen LogP contribution in [0.15, 0.2) is 33.7 Å². The van der Waals surface area contributed by atoms with E-state index < -0.39 is 17.2 Å². The molecule has 0 bridgehead atoms. The minimum Gasteiger partial charge on any atom is -0.497 e. The number of nitrogens with zero attached hydrogens (tertiary/aromatic N) is 1. The number of methoxy groups -OCH3 is 1. The van der Waals surface area contributed by atoms with Gasteiger partial charge in [-0.1, -0.05) is 0 Å². The number of amidine groups is 1.